The number of nitrogens with one attached hydrogen (secondary N) is 1. The summed E-state index contributed by atoms with van der Waals surface area (Å²) < 4.78 is 8.13. The fourth-order valence-electron chi connectivity index (χ4n) is 3.18. The molecule has 0 fully saturated rings. The fourth-order valence-corrected chi connectivity index (χ4v) is 3.18. The standard InChI is InChI=1S/C22H27N3O2/c1-4-22(26)23-15-21-24-18-8-5-6-9-19(18)25(21)12-7-13-27-20-11-10-16(2)14-17(20)3/h5-6,8-11,14H,4,7,12-13,15H2,1-3H3,(H,23,26). The van der Waals surface area contributed by atoms with E-state index in [0.717, 1.165) is 41.1 Å². The van der Waals surface area contributed by atoms with E-state index in [1.54, 1.807) is 0 Å². The summed E-state index contributed by atoms with van der Waals surface area (Å²) in [6, 6.07) is 14.3. The maximum Gasteiger partial charge on any atom is 0.220 e. The van der Waals surface area contributed by atoms with Crippen LogP contribution in [0.25, 0.3) is 11.0 Å². The normalized spacial score (nSPS) is 10.9. The Hall–Kier alpha value is -2.82. The number of fused-ring (bicyclic) bond motifs is 1. The summed E-state index contributed by atoms with van der Waals surface area (Å²) in [5, 5.41) is 2.93. The number of carbonyl (C=O) groups is 1. The van der Waals surface area contributed by atoms with Crippen molar-refractivity contribution in [2.45, 2.75) is 46.7 Å². The molecule has 0 aliphatic rings. The number of carbonyl (C=O) groups excluding carboxylic acids is 1. The molecular formula is C22H27N3O2. The van der Waals surface area contributed by atoms with Gasteiger partial charge in [-0.15, -0.1) is 0 Å². The van der Waals surface area contributed by atoms with Gasteiger partial charge in [-0.2, -0.15) is 0 Å². The smallest absolute Gasteiger partial charge is 0.220 e. The predicted molar refractivity (Wildman–Crippen MR) is 108 cm³/mol. The number of aryl methyl sites for hydroxylation is 3. The molecule has 0 unspecified atom stereocenters. The Morgan fingerprint density at radius 3 is 2.78 bits per heavy atom. The molecule has 0 atom stereocenters. The van der Waals surface area contributed by atoms with E-state index in [9.17, 15) is 4.79 Å². The highest BCUT2D eigenvalue weighted by atomic mass is 16.5. The minimum Gasteiger partial charge on any atom is -0.493 e. The molecule has 0 radical (unpaired) electrons. The third-order valence-electron chi connectivity index (χ3n) is 4.61. The van der Waals surface area contributed by atoms with Gasteiger partial charge < -0.3 is 14.6 Å². The molecule has 0 bridgehead atoms. The van der Waals surface area contributed by atoms with Crippen LogP contribution < -0.4 is 10.1 Å². The Kier molecular flexibility index (Phi) is 6.12. The Labute approximate surface area is 160 Å². The highest BCUT2D eigenvalue weighted by Gasteiger charge is 2.11. The Bertz CT molecular complexity index is 930. The van der Waals surface area contributed by atoms with Gasteiger partial charge in [0, 0.05) is 13.0 Å². The highest BCUT2D eigenvalue weighted by Crippen LogP contribution is 2.20. The molecule has 1 aromatic heterocycles. The van der Waals surface area contributed by atoms with Gasteiger partial charge in [-0.1, -0.05) is 36.8 Å². The minimum atomic E-state index is 0.0341. The van der Waals surface area contributed by atoms with E-state index in [1.165, 1.54) is 5.56 Å². The molecule has 3 aromatic rings. The Balaban J connectivity index is 1.66. The average Bonchev–Trinajstić information content (AvgIpc) is 3.02. The van der Waals surface area contributed by atoms with Crippen LogP contribution in [0.3, 0.4) is 0 Å². The summed E-state index contributed by atoms with van der Waals surface area (Å²) in [7, 11) is 0. The third-order valence-corrected chi connectivity index (χ3v) is 4.61. The molecule has 0 aliphatic carbocycles. The van der Waals surface area contributed by atoms with E-state index in [-0.39, 0.29) is 5.91 Å². The van der Waals surface area contributed by atoms with E-state index >= 15 is 0 Å². The van der Waals surface area contributed by atoms with Crippen LogP contribution in [-0.4, -0.2) is 22.1 Å². The van der Waals surface area contributed by atoms with E-state index in [0.29, 0.717) is 19.6 Å². The number of hydrogen-bond acceptors (Lipinski definition) is 3. The number of imidazole rings is 1. The lowest BCUT2D eigenvalue weighted by Crippen LogP contribution is -2.23. The predicted octanol–water partition coefficient (Wildman–Crippen LogP) is 4.15. The first-order chi connectivity index (χ1) is 13.1. The Morgan fingerprint density at radius 1 is 1.19 bits per heavy atom. The molecule has 5 heteroatoms. The summed E-state index contributed by atoms with van der Waals surface area (Å²) in [5.41, 5.74) is 4.44. The molecule has 3 rings (SSSR count). The van der Waals surface area contributed by atoms with Gasteiger partial charge in [0.15, 0.2) is 0 Å². The quantitative estimate of drug-likeness (QED) is 0.610. The number of rotatable bonds is 8. The average molecular weight is 365 g/mol. The summed E-state index contributed by atoms with van der Waals surface area (Å²) >= 11 is 0. The number of para-hydroxylation sites is 2. The second-order valence-electron chi connectivity index (χ2n) is 6.77. The van der Waals surface area contributed by atoms with E-state index in [1.807, 2.05) is 31.2 Å². The zero-order valence-corrected chi connectivity index (χ0v) is 16.3. The van der Waals surface area contributed by atoms with Gasteiger partial charge in [-0.3, -0.25) is 4.79 Å². The molecule has 0 spiro atoms. The van der Waals surface area contributed by atoms with Gasteiger partial charge in [-0.25, -0.2) is 4.98 Å². The van der Waals surface area contributed by atoms with Crippen LogP contribution in [0, 0.1) is 13.8 Å². The topological polar surface area (TPSA) is 56.2 Å². The van der Waals surface area contributed by atoms with Crippen molar-refractivity contribution in [3.8, 4) is 5.75 Å². The zero-order valence-electron chi connectivity index (χ0n) is 16.3. The van der Waals surface area contributed by atoms with Gasteiger partial charge in [0.25, 0.3) is 0 Å². The third kappa shape index (κ3) is 4.67. The van der Waals surface area contributed by atoms with Crippen LogP contribution in [0.4, 0.5) is 0 Å². The largest absolute Gasteiger partial charge is 0.493 e. The lowest BCUT2D eigenvalue weighted by atomic mass is 10.1. The molecule has 142 valence electrons. The highest BCUT2D eigenvalue weighted by molar-refractivity contribution is 5.77. The van der Waals surface area contributed by atoms with Crippen LogP contribution in [0.5, 0.6) is 5.75 Å². The number of ether oxygens (including phenoxy) is 1. The summed E-state index contributed by atoms with van der Waals surface area (Å²) in [5.74, 6) is 1.85. The zero-order chi connectivity index (χ0) is 19.2. The first-order valence-corrected chi connectivity index (χ1v) is 9.49. The number of nitrogens with zero attached hydrogens (tertiary/aromatic N) is 2. The summed E-state index contributed by atoms with van der Waals surface area (Å²) in [4.78, 5) is 16.3. The van der Waals surface area contributed by atoms with Crippen LogP contribution in [0.15, 0.2) is 42.5 Å². The maximum atomic E-state index is 11.6. The summed E-state index contributed by atoms with van der Waals surface area (Å²) in [6.07, 6.45) is 1.34. The molecule has 5 nitrogen and oxygen atoms in total. The van der Waals surface area contributed by atoms with Crippen LogP contribution >= 0.6 is 0 Å². The van der Waals surface area contributed by atoms with Crippen molar-refractivity contribution in [3.05, 3.63) is 59.4 Å². The van der Waals surface area contributed by atoms with Gasteiger partial charge in [-0.05, 0) is 44.0 Å². The van der Waals surface area contributed by atoms with Crippen molar-refractivity contribution in [1.82, 2.24) is 14.9 Å². The monoisotopic (exact) mass is 365 g/mol. The number of benzene rings is 2. The molecule has 0 saturated carbocycles. The molecule has 0 aliphatic heterocycles. The van der Waals surface area contributed by atoms with Crippen LogP contribution in [0.1, 0.15) is 36.7 Å². The lowest BCUT2D eigenvalue weighted by Gasteiger charge is -2.12. The molecule has 1 amide bonds. The Morgan fingerprint density at radius 2 is 2.00 bits per heavy atom. The molecule has 0 saturated heterocycles. The SMILES string of the molecule is CCC(=O)NCc1nc2ccccc2n1CCCOc1ccc(C)cc1C. The first kappa shape index (κ1) is 19.0. The fraction of sp³-hybridized carbons (Fsp3) is 0.364. The van der Waals surface area contributed by atoms with Crippen molar-refractivity contribution >= 4 is 16.9 Å². The van der Waals surface area contributed by atoms with Crippen LogP contribution in [0.2, 0.25) is 0 Å². The van der Waals surface area contributed by atoms with Gasteiger partial charge in [0.2, 0.25) is 5.91 Å². The maximum absolute atomic E-state index is 11.6. The molecule has 27 heavy (non-hydrogen) atoms. The number of aromatic nitrogens is 2. The number of hydrogen-bond donors (Lipinski definition) is 1. The van der Waals surface area contributed by atoms with Crippen molar-refractivity contribution in [1.29, 1.82) is 0 Å². The van der Waals surface area contributed by atoms with Crippen molar-refractivity contribution in [3.63, 3.8) is 0 Å². The lowest BCUT2D eigenvalue weighted by molar-refractivity contribution is -0.120. The van der Waals surface area contributed by atoms with Gasteiger partial charge in [0.1, 0.15) is 11.6 Å². The number of amides is 1. The minimum absolute atomic E-state index is 0.0341. The summed E-state index contributed by atoms with van der Waals surface area (Å²) in [6.45, 7) is 7.88. The van der Waals surface area contributed by atoms with Crippen molar-refractivity contribution in [2.24, 2.45) is 0 Å². The van der Waals surface area contributed by atoms with Crippen molar-refractivity contribution in [2.75, 3.05) is 6.61 Å². The second kappa shape index (κ2) is 8.71. The second-order valence-corrected chi connectivity index (χ2v) is 6.77. The molecule has 2 aromatic carbocycles. The van der Waals surface area contributed by atoms with E-state index in [2.05, 4.69) is 46.9 Å². The van der Waals surface area contributed by atoms with Gasteiger partial charge in [0.05, 0.1) is 24.2 Å². The van der Waals surface area contributed by atoms with Crippen molar-refractivity contribution < 1.29 is 9.53 Å². The molecular weight excluding hydrogens is 338 g/mol. The molecule has 1 N–H and O–H groups in total. The van der Waals surface area contributed by atoms with E-state index < -0.39 is 0 Å². The van der Waals surface area contributed by atoms with Gasteiger partial charge >= 0.3 is 0 Å². The van der Waals surface area contributed by atoms with Crippen LogP contribution in [-0.2, 0) is 17.9 Å². The first-order valence-electron chi connectivity index (χ1n) is 9.49. The molecule has 1 heterocycles. The van der Waals surface area contributed by atoms with E-state index in [4.69, 9.17) is 4.74 Å².